The highest BCUT2D eigenvalue weighted by Crippen LogP contribution is 2.33. The highest BCUT2D eigenvalue weighted by molar-refractivity contribution is 5.94. The summed E-state index contributed by atoms with van der Waals surface area (Å²) in [5.41, 5.74) is -0.133. The number of urea groups is 1. The number of hydrogen-bond acceptors (Lipinski definition) is 4. The van der Waals surface area contributed by atoms with Crippen LogP contribution in [-0.2, 0) is 6.18 Å². The van der Waals surface area contributed by atoms with Gasteiger partial charge >= 0.3 is 12.2 Å². The fraction of sp³-hybridized carbons (Fsp3) is 0.286. The number of alkyl halides is 3. The molecule has 0 bridgehead atoms. The third kappa shape index (κ3) is 4.76. The number of carbonyl (C=O) groups is 2. The molecule has 3 aromatic rings. The van der Waals surface area contributed by atoms with E-state index in [9.17, 15) is 22.8 Å². The van der Waals surface area contributed by atoms with Crippen LogP contribution in [0.4, 0.5) is 23.7 Å². The van der Waals surface area contributed by atoms with Gasteiger partial charge in [-0.25, -0.2) is 9.48 Å². The second-order valence-electron chi connectivity index (χ2n) is 7.36. The van der Waals surface area contributed by atoms with Crippen molar-refractivity contribution < 1.29 is 27.2 Å². The van der Waals surface area contributed by atoms with Gasteiger partial charge in [0.2, 0.25) is 0 Å². The van der Waals surface area contributed by atoms with Gasteiger partial charge in [-0.15, -0.1) is 0 Å². The Balaban J connectivity index is 1.40. The van der Waals surface area contributed by atoms with Gasteiger partial charge in [0.15, 0.2) is 0 Å². The van der Waals surface area contributed by atoms with Gasteiger partial charge in [-0.2, -0.15) is 18.3 Å². The zero-order valence-corrected chi connectivity index (χ0v) is 16.8. The van der Waals surface area contributed by atoms with Crippen LogP contribution in [0.15, 0.2) is 59.7 Å². The predicted molar refractivity (Wildman–Crippen MR) is 108 cm³/mol. The summed E-state index contributed by atoms with van der Waals surface area (Å²) in [6.07, 6.45) is 2.35. The number of piperidine rings is 1. The van der Waals surface area contributed by atoms with Crippen molar-refractivity contribution in [3.8, 4) is 5.69 Å². The molecule has 11 heteroatoms. The minimum absolute atomic E-state index is 0.0198. The lowest BCUT2D eigenvalue weighted by atomic mass is 10.0. The van der Waals surface area contributed by atoms with Gasteiger partial charge in [0.1, 0.15) is 6.26 Å². The van der Waals surface area contributed by atoms with Gasteiger partial charge in [-0.1, -0.05) is 0 Å². The topological polar surface area (TPSA) is 92.4 Å². The average molecular weight is 447 g/mol. The summed E-state index contributed by atoms with van der Waals surface area (Å²) in [4.78, 5) is 26.6. The molecule has 0 spiro atoms. The number of hydrogen-bond donors (Lipinski definition) is 2. The number of likely N-dealkylation sites (tertiary alicyclic amines) is 1. The summed E-state index contributed by atoms with van der Waals surface area (Å²) in [7, 11) is 0. The van der Waals surface area contributed by atoms with Crippen LogP contribution < -0.4 is 10.6 Å². The molecule has 0 atom stereocenters. The Labute approximate surface area is 181 Å². The molecule has 8 nitrogen and oxygen atoms in total. The maximum absolute atomic E-state index is 13.2. The van der Waals surface area contributed by atoms with Gasteiger partial charge in [-0.05, 0) is 43.2 Å². The lowest BCUT2D eigenvalue weighted by molar-refractivity contribution is -0.137. The van der Waals surface area contributed by atoms with Gasteiger partial charge in [0.25, 0.3) is 5.91 Å². The van der Waals surface area contributed by atoms with Crippen LogP contribution >= 0.6 is 0 Å². The first-order chi connectivity index (χ1) is 15.3. The first kappa shape index (κ1) is 21.5. The number of furan rings is 1. The summed E-state index contributed by atoms with van der Waals surface area (Å²) in [6, 6.07) is 5.44. The minimum Gasteiger partial charge on any atom is -0.472 e. The van der Waals surface area contributed by atoms with E-state index in [-0.39, 0.29) is 17.6 Å². The van der Waals surface area contributed by atoms with Crippen LogP contribution in [0, 0.1) is 0 Å². The standard InChI is InChI=1S/C21H20F3N5O3/c22-21(23,24)15-2-3-18(29-8-1-7-25-29)17(12-15)27-20(31)26-16-4-9-28(10-5-16)19(30)14-6-11-32-13-14/h1-3,6-8,11-13,16H,4-5,9-10H2,(H2,26,27,31). The molecular weight excluding hydrogens is 427 g/mol. The summed E-state index contributed by atoms with van der Waals surface area (Å²) in [5.74, 6) is -0.144. The largest absolute Gasteiger partial charge is 0.472 e. The molecule has 0 unspecified atom stereocenters. The molecule has 2 N–H and O–H groups in total. The maximum Gasteiger partial charge on any atom is 0.416 e. The number of amides is 3. The summed E-state index contributed by atoms with van der Waals surface area (Å²) in [5, 5.41) is 9.31. The molecule has 0 saturated carbocycles. The van der Waals surface area contributed by atoms with Crippen LogP contribution in [0.2, 0.25) is 0 Å². The zero-order chi connectivity index (χ0) is 22.7. The first-order valence-corrected chi connectivity index (χ1v) is 9.91. The molecule has 3 heterocycles. The van der Waals surface area contributed by atoms with Gasteiger partial charge in [-0.3, -0.25) is 4.79 Å². The fourth-order valence-electron chi connectivity index (χ4n) is 3.56. The maximum atomic E-state index is 13.2. The predicted octanol–water partition coefficient (Wildman–Crippen LogP) is 3.91. The minimum atomic E-state index is -4.55. The van der Waals surface area contributed by atoms with Crippen LogP contribution in [0.5, 0.6) is 0 Å². The quantitative estimate of drug-likeness (QED) is 0.634. The highest BCUT2D eigenvalue weighted by atomic mass is 19.4. The lowest BCUT2D eigenvalue weighted by Gasteiger charge is -2.32. The van der Waals surface area contributed by atoms with E-state index in [1.807, 2.05) is 0 Å². The van der Waals surface area contributed by atoms with Crippen molar-refractivity contribution in [1.29, 1.82) is 0 Å². The second kappa shape index (κ2) is 8.77. The summed E-state index contributed by atoms with van der Waals surface area (Å²) < 4.78 is 45.8. The highest BCUT2D eigenvalue weighted by Gasteiger charge is 2.32. The van der Waals surface area contributed by atoms with Crippen molar-refractivity contribution in [2.75, 3.05) is 18.4 Å². The van der Waals surface area contributed by atoms with E-state index in [0.29, 0.717) is 37.2 Å². The van der Waals surface area contributed by atoms with E-state index in [0.717, 1.165) is 12.1 Å². The molecule has 1 aliphatic heterocycles. The Morgan fingerprint density at radius 2 is 1.94 bits per heavy atom. The Morgan fingerprint density at radius 1 is 1.16 bits per heavy atom. The van der Waals surface area contributed by atoms with E-state index in [1.54, 1.807) is 23.2 Å². The van der Waals surface area contributed by atoms with Gasteiger partial charge < -0.3 is 20.0 Å². The zero-order valence-electron chi connectivity index (χ0n) is 16.8. The van der Waals surface area contributed by atoms with Gasteiger partial charge in [0.05, 0.1) is 28.8 Å². The van der Waals surface area contributed by atoms with Crippen molar-refractivity contribution in [2.45, 2.75) is 25.1 Å². The SMILES string of the molecule is O=C(Nc1cc(C(F)(F)F)ccc1-n1cccn1)NC1CCN(C(=O)c2ccoc2)CC1. The molecule has 0 radical (unpaired) electrons. The average Bonchev–Trinajstić information content (AvgIpc) is 3.47. The second-order valence-corrected chi connectivity index (χ2v) is 7.36. The van der Waals surface area contributed by atoms with Crippen molar-refractivity contribution in [3.05, 3.63) is 66.4 Å². The number of carbonyl (C=O) groups excluding carboxylic acids is 2. The Morgan fingerprint density at radius 3 is 2.56 bits per heavy atom. The summed E-state index contributed by atoms with van der Waals surface area (Å²) >= 11 is 0. The Bertz CT molecular complexity index is 1070. The van der Waals surface area contributed by atoms with Crippen LogP contribution in [0.1, 0.15) is 28.8 Å². The molecule has 1 aromatic carbocycles. The smallest absolute Gasteiger partial charge is 0.416 e. The number of nitrogens with zero attached hydrogens (tertiary/aromatic N) is 3. The van der Waals surface area contributed by atoms with E-state index >= 15 is 0 Å². The number of aromatic nitrogens is 2. The number of nitrogens with one attached hydrogen (secondary N) is 2. The van der Waals surface area contributed by atoms with Gasteiger partial charge in [0, 0.05) is 31.5 Å². The van der Waals surface area contributed by atoms with E-state index in [4.69, 9.17) is 4.42 Å². The number of anilines is 1. The van der Waals surface area contributed by atoms with Crippen LogP contribution in [0.25, 0.3) is 5.69 Å². The number of benzene rings is 1. The number of halogens is 3. The molecule has 168 valence electrons. The number of rotatable bonds is 4. The first-order valence-electron chi connectivity index (χ1n) is 9.91. The molecule has 1 aliphatic rings. The van der Waals surface area contributed by atoms with E-state index in [1.165, 1.54) is 29.5 Å². The van der Waals surface area contributed by atoms with Crippen molar-refractivity contribution in [3.63, 3.8) is 0 Å². The van der Waals surface area contributed by atoms with Crippen molar-refractivity contribution in [2.24, 2.45) is 0 Å². The van der Waals surface area contributed by atoms with Crippen LogP contribution in [0.3, 0.4) is 0 Å². The fourth-order valence-corrected chi connectivity index (χ4v) is 3.56. The lowest BCUT2D eigenvalue weighted by Crippen LogP contribution is -2.47. The monoisotopic (exact) mass is 447 g/mol. The third-order valence-corrected chi connectivity index (χ3v) is 5.21. The Hall–Kier alpha value is -3.76. The summed E-state index contributed by atoms with van der Waals surface area (Å²) in [6.45, 7) is 0.883. The van der Waals surface area contributed by atoms with E-state index < -0.39 is 17.8 Å². The van der Waals surface area contributed by atoms with Crippen molar-refractivity contribution in [1.82, 2.24) is 20.0 Å². The van der Waals surface area contributed by atoms with E-state index in [2.05, 4.69) is 15.7 Å². The van der Waals surface area contributed by atoms with Crippen LogP contribution in [-0.4, -0.2) is 45.8 Å². The Kier molecular flexibility index (Phi) is 5.89. The third-order valence-electron chi connectivity index (χ3n) is 5.21. The molecule has 1 saturated heterocycles. The van der Waals surface area contributed by atoms with Crippen molar-refractivity contribution >= 4 is 17.6 Å². The molecule has 32 heavy (non-hydrogen) atoms. The molecule has 4 rings (SSSR count). The molecular formula is C21H20F3N5O3. The molecule has 1 fully saturated rings. The molecule has 0 aliphatic carbocycles. The molecule has 2 aromatic heterocycles. The normalized spacial score (nSPS) is 14.9. The molecule has 3 amide bonds.